The van der Waals surface area contributed by atoms with Gasteiger partial charge in [0.15, 0.2) is 0 Å². The molecule has 0 fully saturated rings. The van der Waals surface area contributed by atoms with Crippen LogP contribution in [0.4, 0.5) is 0 Å². The molecule has 0 aliphatic heterocycles. The Kier molecular flexibility index (Phi) is 4.49. The second-order valence-corrected chi connectivity index (χ2v) is 1.48. The average molecular weight is 127 g/mol. The fourth-order valence-electron chi connectivity index (χ4n) is 0.352. The van der Waals surface area contributed by atoms with Crippen LogP contribution in [0.5, 0.6) is 0 Å². The van der Waals surface area contributed by atoms with E-state index >= 15 is 0 Å². The first-order valence-electron chi connectivity index (χ1n) is 2.54. The van der Waals surface area contributed by atoms with Gasteiger partial charge in [-0.1, -0.05) is 5.11 Å². The molecule has 0 saturated heterocycles. The Balaban J connectivity index is 3.54. The van der Waals surface area contributed by atoms with Crippen LogP contribution in [-0.4, -0.2) is 25.8 Å². The number of hydrogen-bond donors (Lipinski definition) is 2. The normalized spacial score (nSPS) is 11.7. The van der Waals surface area contributed by atoms with Crippen LogP contribution in [0, 0.1) is 5.41 Å². The Labute approximate surface area is 53.2 Å². The molecule has 0 aromatic heterocycles. The van der Waals surface area contributed by atoms with Crippen LogP contribution < -0.4 is 5.32 Å². The minimum atomic E-state index is -0.124. The fourth-order valence-corrected chi connectivity index (χ4v) is 0.352. The van der Waals surface area contributed by atoms with Gasteiger partial charge in [-0.25, -0.2) is 0 Å². The summed E-state index contributed by atoms with van der Waals surface area (Å²) in [5.74, 6) is 0. The molecule has 0 aliphatic carbocycles. The van der Waals surface area contributed by atoms with Crippen LogP contribution in [-0.2, 0) is 0 Å². The van der Waals surface area contributed by atoms with Crippen LogP contribution in [0.25, 0.3) is 10.4 Å². The van der Waals surface area contributed by atoms with Crippen LogP contribution >= 0.6 is 0 Å². The van der Waals surface area contributed by atoms with Gasteiger partial charge >= 0.3 is 0 Å². The van der Waals surface area contributed by atoms with E-state index in [1.54, 1.807) is 7.05 Å². The van der Waals surface area contributed by atoms with E-state index in [1.807, 2.05) is 0 Å². The molecule has 0 aromatic carbocycles. The number of hydrogen-bond acceptors (Lipinski definition) is 3. The molecule has 0 heterocycles. The summed E-state index contributed by atoms with van der Waals surface area (Å²) in [5, 5.41) is 12.8. The maximum absolute atomic E-state index is 7.86. The van der Waals surface area contributed by atoms with Gasteiger partial charge in [0.25, 0.3) is 0 Å². The van der Waals surface area contributed by atoms with Gasteiger partial charge in [-0.3, -0.25) is 0 Å². The van der Waals surface area contributed by atoms with Crippen molar-refractivity contribution in [3.63, 3.8) is 0 Å². The highest BCUT2D eigenvalue weighted by molar-refractivity contribution is 5.60. The number of azide groups is 1. The van der Waals surface area contributed by atoms with Gasteiger partial charge in [0, 0.05) is 23.7 Å². The van der Waals surface area contributed by atoms with Crippen molar-refractivity contribution in [3.05, 3.63) is 10.4 Å². The molecule has 1 atom stereocenters. The van der Waals surface area contributed by atoms with Crippen molar-refractivity contribution in [1.82, 2.24) is 5.32 Å². The van der Waals surface area contributed by atoms with Crippen LogP contribution in [0.1, 0.15) is 0 Å². The van der Waals surface area contributed by atoms with Crippen molar-refractivity contribution in [2.75, 3.05) is 13.6 Å². The second kappa shape index (κ2) is 5.08. The molecule has 1 unspecified atom stereocenters. The minimum Gasteiger partial charge on any atom is -0.312 e. The van der Waals surface area contributed by atoms with Gasteiger partial charge in [-0.2, -0.15) is 0 Å². The van der Waals surface area contributed by atoms with Crippen LogP contribution in [0.2, 0.25) is 0 Å². The van der Waals surface area contributed by atoms with Crippen molar-refractivity contribution < 1.29 is 0 Å². The highest BCUT2D eigenvalue weighted by Gasteiger charge is 1.95. The molecule has 0 saturated carbocycles. The van der Waals surface area contributed by atoms with E-state index in [9.17, 15) is 0 Å². The fraction of sp³-hybridized carbons (Fsp3) is 0.750. The lowest BCUT2D eigenvalue weighted by molar-refractivity contribution is 0.714. The lowest BCUT2D eigenvalue weighted by Gasteiger charge is -2.03. The molecule has 0 aliphatic rings. The molecule has 2 N–H and O–H groups in total. The average Bonchev–Trinajstić information content (AvgIpc) is 1.91. The van der Waals surface area contributed by atoms with E-state index in [0.29, 0.717) is 6.54 Å². The molecule has 9 heavy (non-hydrogen) atoms. The van der Waals surface area contributed by atoms with Gasteiger partial charge in [-0.15, -0.1) is 0 Å². The SMILES string of the molecule is CNC(C=N)CN=[N+]=[N-]. The number of rotatable bonds is 4. The monoisotopic (exact) mass is 127 g/mol. The Hall–Kier alpha value is -1.06. The molecule has 0 bridgehead atoms. The van der Waals surface area contributed by atoms with E-state index in [-0.39, 0.29) is 6.04 Å². The predicted molar refractivity (Wildman–Crippen MR) is 35.6 cm³/mol. The Morgan fingerprint density at radius 3 is 3.00 bits per heavy atom. The lowest BCUT2D eigenvalue weighted by atomic mass is 10.3. The van der Waals surface area contributed by atoms with E-state index in [1.165, 1.54) is 6.21 Å². The number of nitrogens with zero attached hydrogens (tertiary/aromatic N) is 3. The smallest absolute Gasteiger partial charge is 0.0471 e. The van der Waals surface area contributed by atoms with Gasteiger partial charge in [0.1, 0.15) is 0 Å². The topological polar surface area (TPSA) is 84.6 Å². The Morgan fingerprint density at radius 1 is 2.00 bits per heavy atom. The zero-order chi connectivity index (χ0) is 7.11. The van der Waals surface area contributed by atoms with Crippen LogP contribution in [0.15, 0.2) is 5.11 Å². The van der Waals surface area contributed by atoms with Gasteiger partial charge in [0.05, 0.1) is 0 Å². The molecule has 0 spiro atoms. The van der Waals surface area contributed by atoms with Crippen molar-refractivity contribution in [2.45, 2.75) is 6.04 Å². The first-order valence-corrected chi connectivity index (χ1v) is 2.54. The zero-order valence-electron chi connectivity index (χ0n) is 5.20. The van der Waals surface area contributed by atoms with Crippen LogP contribution in [0.3, 0.4) is 0 Å². The standard InChI is InChI=1S/C4H9N5/c1-7-4(2-5)3-8-9-6/h2,4-5,7H,3H2,1H3. The maximum atomic E-state index is 7.86. The molecule has 0 rings (SSSR count). The molecule has 5 nitrogen and oxygen atoms in total. The highest BCUT2D eigenvalue weighted by atomic mass is 15.1. The third kappa shape index (κ3) is 3.52. The third-order valence-electron chi connectivity index (χ3n) is 0.914. The van der Waals surface area contributed by atoms with Gasteiger partial charge in [0.2, 0.25) is 0 Å². The Bertz CT molecular complexity index is 125. The summed E-state index contributed by atoms with van der Waals surface area (Å²) in [6.45, 7) is 0.302. The zero-order valence-corrected chi connectivity index (χ0v) is 5.20. The van der Waals surface area contributed by atoms with E-state index in [0.717, 1.165) is 0 Å². The quantitative estimate of drug-likeness (QED) is 0.245. The summed E-state index contributed by atoms with van der Waals surface area (Å²) < 4.78 is 0. The molecule has 0 amide bonds. The van der Waals surface area contributed by atoms with Crippen molar-refractivity contribution in [2.24, 2.45) is 5.11 Å². The lowest BCUT2D eigenvalue weighted by Crippen LogP contribution is -2.28. The van der Waals surface area contributed by atoms with Crippen molar-refractivity contribution in [1.29, 1.82) is 5.41 Å². The maximum Gasteiger partial charge on any atom is 0.0471 e. The summed E-state index contributed by atoms with van der Waals surface area (Å²) in [7, 11) is 1.71. The first kappa shape index (κ1) is 7.94. The largest absolute Gasteiger partial charge is 0.312 e. The molecule has 0 aromatic rings. The van der Waals surface area contributed by atoms with Gasteiger partial charge < -0.3 is 10.7 Å². The molecule has 0 radical (unpaired) electrons. The molecular formula is C4H9N5. The molecule has 50 valence electrons. The summed E-state index contributed by atoms with van der Waals surface area (Å²) in [6, 6.07) is -0.124. The van der Waals surface area contributed by atoms with Crippen molar-refractivity contribution >= 4 is 6.21 Å². The van der Waals surface area contributed by atoms with E-state index < -0.39 is 0 Å². The number of likely N-dealkylation sites (N-methyl/N-ethyl adjacent to an activating group) is 1. The summed E-state index contributed by atoms with van der Waals surface area (Å²) in [5.41, 5.74) is 7.86. The third-order valence-corrected chi connectivity index (χ3v) is 0.914. The summed E-state index contributed by atoms with van der Waals surface area (Å²) in [4.78, 5) is 2.55. The van der Waals surface area contributed by atoms with E-state index in [4.69, 9.17) is 10.9 Å². The molecular weight excluding hydrogens is 118 g/mol. The molecule has 5 heteroatoms. The Morgan fingerprint density at radius 2 is 2.67 bits per heavy atom. The minimum absolute atomic E-state index is 0.124. The first-order chi connectivity index (χ1) is 4.35. The summed E-state index contributed by atoms with van der Waals surface area (Å²) >= 11 is 0. The second-order valence-electron chi connectivity index (χ2n) is 1.48. The van der Waals surface area contributed by atoms with E-state index in [2.05, 4.69) is 15.3 Å². The van der Waals surface area contributed by atoms with Crippen molar-refractivity contribution in [3.8, 4) is 0 Å². The number of nitrogens with one attached hydrogen (secondary N) is 2. The highest BCUT2D eigenvalue weighted by Crippen LogP contribution is 1.78. The summed E-state index contributed by atoms with van der Waals surface area (Å²) in [6.07, 6.45) is 1.20. The predicted octanol–water partition coefficient (Wildman–Crippen LogP) is 0.534. The van der Waals surface area contributed by atoms with Gasteiger partial charge in [-0.05, 0) is 12.6 Å².